The molecule has 4 N–H and O–H groups in total. The maximum absolute atomic E-state index is 12.6. The minimum absolute atomic E-state index is 0.163. The standard InChI is InChI=1S/C43H82NO10P/c1-3-5-7-9-11-13-15-17-19-21-23-25-27-29-31-33-35-42(46)54-39(37-52-55(49,50)53-38-40(44)43(47)48)36-51-41(45)34-32-30-28-26-24-22-20-18-16-14-12-10-8-6-4-2/h24,26,39-40H,3-23,25,27-38,44H2,1-2H3,(H,47,48)(H,49,50)/b26-24+/t39-,40+/m1/s1. The minimum Gasteiger partial charge on any atom is -0.480 e. The molecule has 0 heterocycles. The zero-order valence-corrected chi connectivity index (χ0v) is 35.9. The van der Waals surface area contributed by atoms with Crippen LogP contribution in [0.15, 0.2) is 12.2 Å². The van der Waals surface area contributed by atoms with Crippen molar-refractivity contribution in [2.75, 3.05) is 19.8 Å². The molecule has 0 aromatic rings. The van der Waals surface area contributed by atoms with Crippen molar-refractivity contribution in [2.45, 2.75) is 225 Å². The molecule has 0 aliphatic rings. The molecule has 0 saturated heterocycles. The molecule has 12 heteroatoms. The Hall–Kier alpha value is -1.78. The summed E-state index contributed by atoms with van der Waals surface area (Å²) in [6.07, 6.45) is 38.5. The van der Waals surface area contributed by atoms with Gasteiger partial charge in [0.25, 0.3) is 0 Å². The number of phosphoric acid groups is 1. The smallest absolute Gasteiger partial charge is 0.472 e. The average molecular weight is 804 g/mol. The zero-order chi connectivity index (χ0) is 40.7. The van der Waals surface area contributed by atoms with Crippen LogP contribution in [-0.4, -0.2) is 59.9 Å². The lowest BCUT2D eigenvalue weighted by Crippen LogP contribution is -2.34. The summed E-state index contributed by atoms with van der Waals surface area (Å²) < 4.78 is 32.7. The van der Waals surface area contributed by atoms with Crippen molar-refractivity contribution in [3.8, 4) is 0 Å². The van der Waals surface area contributed by atoms with E-state index in [0.717, 1.165) is 38.5 Å². The van der Waals surface area contributed by atoms with Crippen LogP contribution >= 0.6 is 7.82 Å². The third-order valence-corrected chi connectivity index (χ3v) is 10.7. The maximum Gasteiger partial charge on any atom is 0.472 e. The predicted octanol–water partition coefficient (Wildman–Crippen LogP) is 11.7. The molecule has 1 unspecified atom stereocenters. The van der Waals surface area contributed by atoms with E-state index in [0.29, 0.717) is 12.8 Å². The summed E-state index contributed by atoms with van der Waals surface area (Å²) in [4.78, 5) is 45.9. The molecule has 324 valence electrons. The van der Waals surface area contributed by atoms with Crippen molar-refractivity contribution in [3.63, 3.8) is 0 Å². The number of aliphatic carboxylic acids is 1. The SMILES string of the molecule is CCCCCCCCCCC/C=C/CCCCC(=O)OC[C@H](COP(=O)(O)OC[C@H](N)C(=O)O)OC(=O)CCCCCCCCCCCCCCCCCC. The van der Waals surface area contributed by atoms with Gasteiger partial charge in [-0.1, -0.05) is 174 Å². The highest BCUT2D eigenvalue weighted by Crippen LogP contribution is 2.43. The Kier molecular flexibility index (Phi) is 37.8. The Labute approximate surface area is 335 Å². The highest BCUT2D eigenvalue weighted by atomic mass is 31.2. The van der Waals surface area contributed by atoms with Gasteiger partial charge in [0, 0.05) is 12.8 Å². The highest BCUT2D eigenvalue weighted by molar-refractivity contribution is 7.47. The fourth-order valence-corrected chi connectivity index (χ4v) is 7.02. The lowest BCUT2D eigenvalue weighted by atomic mass is 10.0. The number of ether oxygens (including phenoxy) is 2. The van der Waals surface area contributed by atoms with E-state index in [-0.39, 0.29) is 19.4 Å². The first kappa shape index (κ1) is 53.2. The van der Waals surface area contributed by atoms with E-state index in [4.69, 9.17) is 24.8 Å². The Morgan fingerprint density at radius 3 is 1.36 bits per heavy atom. The van der Waals surface area contributed by atoms with E-state index < -0.39 is 51.1 Å². The van der Waals surface area contributed by atoms with Gasteiger partial charge in [0.2, 0.25) is 0 Å². The summed E-state index contributed by atoms with van der Waals surface area (Å²) in [6.45, 7) is 2.81. The Morgan fingerprint density at radius 1 is 0.545 bits per heavy atom. The topological polar surface area (TPSA) is 172 Å². The largest absolute Gasteiger partial charge is 0.480 e. The molecule has 0 radical (unpaired) electrons. The van der Waals surface area contributed by atoms with Crippen LogP contribution in [0.5, 0.6) is 0 Å². The van der Waals surface area contributed by atoms with Crippen LogP contribution < -0.4 is 5.73 Å². The lowest BCUT2D eigenvalue weighted by molar-refractivity contribution is -0.161. The number of carboxylic acid groups (broad SMARTS) is 1. The number of esters is 2. The summed E-state index contributed by atoms with van der Waals surface area (Å²) >= 11 is 0. The van der Waals surface area contributed by atoms with Crippen LogP contribution in [0.3, 0.4) is 0 Å². The minimum atomic E-state index is -4.71. The first-order chi connectivity index (χ1) is 26.6. The molecule has 0 bridgehead atoms. The first-order valence-electron chi connectivity index (χ1n) is 22.2. The van der Waals surface area contributed by atoms with Crippen molar-refractivity contribution >= 4 is 25.7 Å². The number of carbonyl (C=O) groups excluding carboxylic acids is 2. The second-order valence-corrected chi connectivity index (χ2v) is 16.6. The van der Waals surface area contributed by atoms with Crippen molar-refractivity contribution in [2.24, 2.45) is 5.73 Å². The monoisotopic (exact) mass is 804 g/mol. The maximum atomic E-state index is 12.6. The second kappa shape index (κ2) is 39.1. The number of rotatable bonds is 42. The molecule has 0 aromatic carbocycles. The van der Waals surface area contributed by atoms with E-state index >= 15 is 0 Å². The van der Waals surface area contributed by atoms with E-state index in [1.54, 1.807) is 0 Å². The van der Waals surface area contributed by atoms with Gasteiger partial charge in [0.05, 0.1) is 13.2 Å². The van der Waals surface area contributed by atoms with E-state index in [2.05, 4.69) is 30.5 Å². The Morgan fingerprint density at radius 2 is 0.909 bits per heavy atom. The molecule has 0 saturated carbocycles. The normalized spacial score (nSPS) is 13.8. The lowest BCUT2D eigenvalue weighted by Gasteiger charge is -2.20. The predicted molar refractivity (Wildman–Crippen MR) is 222 cm³/mol. The van der Waals surface area contributed by atoms with Gasteiger partial charge in [-0.05, 0) is 38.5 Å². The van der Waals surface area contributed by atoms with Gasteiger partial charge in [-0.3, -0.25) is 23.4 Å². The van der Waals surface area contributed by atoms with Crippen molar-refractivity contribution < 1.29 is 47.5 Å². The van der Waals surface area contributed by atoms with Gasteiger partial charge in [-0.2, -0.15) is 0 Å². The number of carboxylic acids is 1. The Balaban J connectivity index is 4.35. The van der Waals surface area contributed by atoms with Crippen LogP contribution in [0.2, 0.25) is 0 Å². The van der Waals surface area contributed by atoms with Crippen molar-refractivity contribution in [1.29, 1.82) is 0 Å². The summed E-state index contributed by atoms with van der Waals surface area (Å²) in [5, 5.41) is 8.88. The molecule has 0 fully saturated rings. The molecule has 0 rings (SSSR count). The molecular formula is C43H82NO10P. The van der Waals surface area contributed by atoms with E-state index in [1.165, 1.54) is 135 Å². The summed E-state index contributed by atoms with van der Waals surface area (Å²) in [5.41, 5.74) is 5.33. The number of phosphoric ester groups is 1. The molecule has 0 aliphatic heterocycles. The zero-order valence-electron chi connectivity index (χ0n) is 35.0. The highest BCUT2D eigenvalue weighted by Gasteiger charge is 2.28. The van der Waals surface area contributed by atoms with E-state index in [9.17, 15) is 23.8 Å². The summed E-state index contributed by atoms with van der Waals surface area (Å²) in [5.74, 6) is -2.39. The fraction of sp³-hybridized carbons (Fsp3) is 0.884. The third kappa shape index (κ3) is 38.9. The molecule has 3 atom stereocenters. The van der Waals surface area contributed by atoms with Gasteiger partial charge in [0.1, 0.15) is 12.6 Å². The summed E-state index contributed by atoms with van der Waals surface area (Å²) in [7, 11) is -4.71. The van der Waals surface area contributed by atoms with Gasteiger partial charge in [0.15, 0.2) is 6.10 Å². The Bertz CT molecular complexity index is 995. The number of allylic oxidation sites excluding steroid dienone is 2. The summed E-state index contributed by atoms with van der Waals surface area (Å²) in [6, 6.07) is -1.52. The van der Waals surface area contributed by atoms with E-state index in [1.807, 2.05) is 0 Å². The van der Waals surface area contributed by atoms with Crippen LogP contribution in [-0.2, 0) is 37.5 Å². The fourth-order valence-electron chi connectivity index (χ4n) is 6.24. The molecule has 55 heavy (non-hydrogen) atoms. The van der Waals surface area contributed by atoms with Gasteiger partial charge >= 0.3 is 25.7 Å². The molecule has 0 spiro atoms. The molecule has 0 aromatic heterocycles. The number of unbranched alkanes of at least 4 members (excludes halogenated alkanes) is 26. The molecule has 11 nitrogen and oxygen atoms in total. The molecule has 0 aliphatic carbocycles. The first-order valence-corrected chi connectivity index (χ1v) is 23.7. The van der Waals surface area contributed by atoms with Crippen LogP contribution in [0.25, 0.3) is 0 Å². The number of hydrogen-bond donors (Lipinski definition) is 3. The van der Waals surface area contributed by atoms with Gasteiger partial charge in [-0.25, -0.2) is 4.57 Å². The van der Waals surface area contributed by atoms with Crippen LogP contribution in [0, 0.1) is 0 Å². The third-order valence-electron chi connectivity index (χ3n) is 9.76. The molecular weight excluding hydrogens is 721 g/mol. The van der Waals surface area contributed by atoms with Crippen LogP contribution in [0.4, 0.5) is 0 Å². The number of hydrogen-bond acceptors (Lipinski definition) is 9. The van der Waals surface area contributed by atoms with Crippen LogP contribution in [0.1, 0.15) is 213 Å². The van der Waals surface area contributed by atoms with Gasteiger partial charge < -0.3 is 25.2 Å². The number of carbonyl (C=O) groups is 3. The van der Waals surface area contributed by atoms with Crippen molar-refractivity contribution in [1.82, 2.24) is 0 Å². The number of nitrogens with two attached hydrogens (primary N) is 1. The second-order valence-electron chi connectivity index (χ2n) is 15.2. The van der Waals surface area contributed by atoms with Crippen molar-refractivity contribution in [3.05, 3.63) is 12.2 Å². The average Bonchev–Trinajstić information content (AvgIpc) is 3.16. The van der Waals surface area contributed by atoms with Gasteiger partial charge in [-0.15, -0.1) is 0 Å². The quantitative estimate of drug-likeness (QED) is 0.0232. The molecule has 0 amide bonds.